The van der Waals surface area contributed by atoms with E-state index in [1.165, 1.54) is 0 Å². The lowest BCUT2D eigenvalue weighted by Gasteiger charge is -0.115. The average Bonchev–Trinajstić information content (AvgIpc) is 0. The molecule has 0 aromatic rings. The summed E-state index contributed by atoms with van der Waals surface area (Å²) in [4.78, 5) is 0. The molecular weight excluding hydrogens is 508 g/mol. The molecule has 0 saturated heterocycles. The molecule has 0 aromatic carbocycles. The summed E-state index contributed by atoms with van der Waals surface area (Å²) in [6.07, 6.45) is 0. The highest BCUT2D eigenvalue weighted by Crippen LogP contribution is 0.851. The van der Waals surface area contributed by atoms with E-state index in [0.717, 1.165) is 0 Å². The SMILES string of the molecule is Br.Br.Br.Br.Br.Br.[SiH4]. The first-order valence-corrected chi connectivity index (χ1v) is 0. The van der Waals surface area contributed by atoms with E-state index in [9.17, 15) is 0 Å². The van der Waals surface area contributed by atoms with Gasteiger partial charge in [0, 0.05) is 0 Å². The molecule has 0 N–H and O–H groups in total. The summed E-state index contributed by atoms with van der Waals surface area (Å²) in [7, 11) is 0. The molecule has 0 spiro atoms. The second-order valence-electron chi connectivity index (χ2n) is 0. The molecule has 0 atom stereocenters. The maximum Gasteiger partial charge on any atom is -0.0149 e. The van der Waals surface area contributed by atoms with Gasteiger partial charge in [0.1, 0.15) is 0 Å². The van der Waals surface area contributed by atoms with Crippen LogP contribution in [0.15, 0.2) is 0 Å². The third-order valence-corrected chi connectivity index (χ3v) is 0. The molecule has 0 aliphatic heterocycles. The Labute approximate surface area is 111 Å². The lowest BCUT2D eigenvalue weighted by Crippen LogP contribution is -0.381. The maximum absolute atomic E-state index is 0. The van der Waals surface area contributed by atoms with Crippen molar-refractivity contribution in [2.75, 3.05) is 0 Å². The molecule has 7 heteroatoms. The van der Waals surface area contributed by atoms with Gasteiger partial charge in [0.25, 0.3) is 0 Å². The number of halogens is 6. The molecule has 0 unspecified atom stereocenters. The van der Waals surface area contributed by atoms with E-state index in [1.807, 2.05) is 0 Å². The van der Waals surface area contributed by atoms with Crippen LogP contribution in [0.2, 0.25) is 0 Å². The fraction of sp³-hybridized carbons (Fsp3) is 0. The standard InChI is InChI=1S/6BrH.H4Si/h6*1H;1H4. The highest BCUT2D eigenvalue weighted by atomic mass is 79.9. The second-order valence-corrected chi connectivity index (χ2v) is 0. The summed E-state index contributed by atoms with van der Waals surface area (Å²) in [6, 6.07) is 0. The van der Waals surface area contributed by atoms with E-state index in [-0.39, 0.29) is 113 Å². The van der Waals surface area contributed by atoms with Crippen LogP contribution >= 0.6 is 102 Å². The van der Waals surface area contributed by atoms with Gasteiger partial charge in [-0.05, 0) is 11.0 Å². The van der Waals surface area contributed by atoms with Gasteiger partial charge in [-0.3, -0.25) is 0 Å². The Kier molecular flexibility index (Phi) is 774. The Morgan fingerprint density at radius 1 is 0.286 bits per heavy atom. The minimum absolute atomic E-state index is 0. The minimum Gasteiger partial charge on any atom is -0.114 e. The van der Waals surface area contributed by atoms with E-state index in [0.29, 0.717) is 0 Å². The van der Waals surface area contributed by atoms with Crippen LogP contribution in [0.4, 0.5) is 0 Å². The van der Waals surface area contributed by atoms with Gasteiger partial charge in [0.05, 0.1) is 0 Å². The van der Waals surface area contributed by atoms with Crippen LogP contribution in [0.3, 0.4) is 0 Å². The molecule has 0 nitrogen and oxygen atoms in total. The summed E-state index contributed by atoms with van der Waals surface area (Å²) in [5.74, 6) is 0. The van der Waals surface area contributed by atoms with E-state index in [4.69, 9.17) is 0 Å². The molecule has 56 valence electrons. The van der Waals surface area contributed by atoms with E-state index in [2.05, 4.69) is 0 Å². The van der Waals surface area contributed by atoms with Gasteiger partial charge in [-0.2, -0.15) is 0 Å². The molecule has 7 heavy (non-hydrogen) atoms. The van der Waals surface area contributed by atoms with Gasteiger partial charge >= 0.3 is 0 Å². The van der Waals surface area contributed by atoms with Gasteiger partial charge in [0.15, 0.2) is 0 Å². The van der Waals surface area contributed by atoms with Crippen molar-refractivity contribution in [2.45, 2.75) is 0 Å². The first kappa shape index (κ1) is 87.1. The highest BCUT2D eigenvalue weighted by Gasteiger charge is -0.0148. The lowest BCUT2D eigenvalue weighted by atomic mass is 28.1. The average molecular weight is 518 g/mol. The van der Waals surface area contributed by atoms with Crippen molar-refractivity contribution in [3.8, 4) is 0 Å². The van der Waals surface area contributed by atoms with Crippen LogP contribution in [0, 0.1) is 0 Å². The first-order chi connectivity index (χ1) is 0. The molecule has 0 rings (SSSR count). The Morgan fingerprint density at radius 3 is 0.286 bits per heavy atom. The molecule has 0 heterocycles. The molecular formula is H10Br6Si. The van der Waals surface area contributed by atoms with Crippen molar-refractivity contribution < 1.29 is 0 Å². The maximum atomic E-state index is 0. The Bertz CT molecular complexity index is 4.14. The third kappa shape index (κ3) is 47.8. The van der Waals surface area contributed by atoms with Gasteiger partial charge < -0.3 is 0 Å². The largest absolute Gasteiger partial charge is 0.114 e. The number of hydrogen-bond acceptors (Lipinski definition) is 0. The molecule has 0 radical (unpaired) electrons. The topological polar surface area (TPSA) is 0 Å². The van der Waals surface area contributed by atoms with E-state index >= 15 is 0 Å². The summed E-state index contributed by atoms with van der Waals surface area (Å²) in [5, 5.41) is 0. The van der Waals surface area contributed by atoms with Crippen LogP contribution in [0.25, 0.3) is 0 Å². The molecule has 0 aliphatic carbocycles. The van der Waals surface area contributed by atoms with Crippen molar-refractivity contribution in [2.24, 2.45) is 0 Å². The predicted molar refractivity (Wildman–Crippen MR) is 73.3 cm³/mol. The van der Waals surface area contributed by atoms with Crippen molar-refractivity contribution in [1.29, 1.82) is 0 Å². The van der Waals surface area contributed by atoms with Gasteiger partial charge in [-0.15, -0.1) is 102 Å². The second kappa shape index (κ2) is 62.2. The quantitative estimate of drug-likeness (QED) is 0.432. The van der Waals surface area contributed by atoms with Gasteiger partial charge in [-0.25, -0.2) is 0 Å². The van der Waals surface area contributed by atoms with Crippen LogP contribution in [0.1, 0.15) is 0 Å². The zero-order chi connectivity index (χ0) is 0. The summed E-state index contributed by atoms with van der Waals surface area (Å²) in [5.41, 5.74) is 0. The number of rotatable bonds is 0. The molecule has 0 saturated carbocycles. The molecule has 0 amide bonds. The smallest absolute Gasteiger partial charge is 0.0149 e. The van der Waals surface area contributed by atoms with Crippen LogP contribution < -0.4 is 0 Å². The summed E-state index contributed by atoms with van der Waals surface area (Å²) < 4.78 is 0. The van der Waals surface area contributed by atoms with Gasteiger partial charge in [0.2, 0.25) is 0 Å². The summed E-state index contributed by atoms with van der Waals surface area (Å²) in [6.45, 7) is 0. The molecule has 0 bridgehead atoms. The van der Waals surface area contributed by atoms with Crippen LogP contribution in [0.5, 0.6) is 0 Å². The molecule has 0 aliphatic rings. The van der Waals surface area contributed by atoms with Crippen molar-refractivity contribution >= 4 is 113 Å². The lowest BCUT2D eigenvalue weighted by molar-refractivity contribution is 5.75. The Balaban J connectivity index is 0. The van der Waals surface area contributed by atoms with Crippen LogP contribution in [-0.2, 0) is 0 Å². The first-order valence-electron chi connectivity index (χ1n) is 0. The van der Waals surface area contributed by atoms with Crippen molar-refractivity contribution in [3.05, 3.63) is 0 Å². The zero-order valence-corrected chi connectivity index (χ0v) is 12.7. The molecule has 0 fully saturated rings. The third-order valence-electron chi connectivity index (χ3n) is 0. The Morgan fingerprint density at radius 2 is 0.286 bits per heavy atom. The fourth-order valence-electron chi connectivity index (χ4n) is 0. The Hall–Kier alpha value is 3.10. The number of hydrogen-bond donors (Lipinski definition) is 0. The van der Waals surface area contributed by atoms with E-state index in [1.54, 1.807) is 0 Å². The van der Waals surface area contributed by atoms with Crippen LogP contribution in [-0.4, -0.2) is 11.0 Å². The molecule has 0 aromatic heterocycles. The van der Waals surface area contributed by atoms with Crippen molar-refractivity contribution in [3.63, 3.8) is 0 Å². The van der Waals surface area contributed by atoms with Gasteiger partial charge in [-0.1, -0.05) is 0 Å². The zero-order valence-electron chi connectivity index (χ0n) is 2.45. The highest BCUT2D eigenvalue weighted by molar-refractivity contribution is 8.93. The van der Waals surface area contributed by atoms with E-state index < -0.39 is 0 Å². The van der Waals surface area contributed by atoms with Crippen molar-refractivity contribution in [1.82, 2.24) is 0 Å². The predicted octanol–water partition coefficient (Wildman–Crippen LogP) is 2.02. The summed E-state index contributed by atoms with van der Waals surface area (Å²) >= 11 is 0. The fourth-order valence-corrected chi connectivity index (χ4v) is 0. The monoisotopic (exact) mass is 512 g/mol. The normalized spacial score (nSPS) is 0. The minimum atomic E-state index is 0.